The van der Waals surface area contributed by atoms with E-state index in [-0.39, 0.29) is 0 Å². The van der Waals surface area contributed by atoms with Gasteiger partial charge in [-0.25, -0.2) is 4.39 Å². The molecular weight excluding hydrogens is 329 g/mol. The Morgan fingerprint density at radius 2 is 2.12 bits per heavy atom. The van der Waals surface area contributed by atoms with Crippen molar-refractivity contribution < 1.29 is 14.3 Å². The van der Waals surface area contributed by atoms with Crippen LogP contribution in [0.3, 0.4) is 0 Å². The third-order valence-electron chi connectivity index (χ3n) is 4.74. The van der Waals surface area contributed by atoms with Gasteiger partial charge < -0.3 is 5.11 Å². The summed E-state index contributed by atoms with van der Waals surface area (Å²) >= 11 is 6.04. The number of aryl methyl sites for hydroxylation is 1. The summed E-state index contributed by atoms with van der Waals surface area (Å²) in [6.45, 7) is 3.48. The van der Waals surface area contributed by atoms with E-state index in [0.717, 1.165) is 16.8 Å². The Bertz CT molecular complexity index is 862. The number of aliphatic carboxylic acids is 1. The van der Waals surface area contributed by atoms with Gasteiger partial charge in [-0.1, -0.05) is 29.8 Å². The fourth-order valence-corrected chi connectivity index (χ4v) is 3.56. The third kappa shape index (κ3) is 2.61. The second kappa shape index (κ2) is 6.02. The summed E-state index contributed by atoms with van der Waals surface area (Å²) in [6, 6.07) is 6.39. The number of benzene rings is 1. The van der Waals surface area contributed by atoms with E-state index >= 15 is 0 Å². The molecule has 1 heterocycles. The molecule has 0 aliphatic heterocycles. The van der Waals surface area contributed by atoms with E-state index in [1.54, 1.807) is 37.4 Å². The van der Waals surface area contributed by atoms with E-state index in [2.05, 4.69) is 4.98 Å². The quantitative estimate of drug-likeness (QED) is 0.877. The number of halogens is 2. The Hall–Kier alpha value is -2.20. The number of carbonyl (C=O) groups is 1. The lowest BCUT2D eigenvalue weighted by atomic mass is 9.78. The predicted octanol–water partition coefficient (Wildman–Crippen LogP) is 4.69. The van der Waals surface area contributed by atoms with Crippen molar-refractivity contribution in [2.45, 2.75) is 32.1 Å². The van der Waals surface area contributed by atoms with Crippen LogP contribution < -0.4 is 0 Å². The predicted molar refractivity (Wildman–Crippen MR) is 91.6 cm³/mol. The van der Waals surface area contributed by atoms with Crippen LogP contribution in [0, 0.1) is 19.7 Å². The first kappa shape index (κ1) is 16.7. The molecule has 1 atom stereocenters. The van der Waals surface area contributed by atoms with E-state index in [0.29, 0.717) is 29.0 Å². The Morgan fingerprint density at radius 3 is 2.83 bits per heavy atom. The molecule has 1 N–H and O–H groups in total. The minimum absolute atomic E-state index is 0.373. The smallest absolute Gasteiger partial charge is 0.318 e. The lowest BCUT2D eigenvalue weighted by Gasteiger charge is -2.24. The zero-order valence-electron chi connectivity index (χ0n) is 13.4. The van der Waals surface area contributed by atoms with Crippen molar-refractivity contribution in [1.82, 2.24) is 4.98 Å². The molecule has 1 aliphatic carbocycles. The van der Waals surface area contributed by atoms with Gasteiger partial charge in [-0.2, -0.15) is 0 Å². The molecule has 0 fully saturated rings. The van der Waals surface area contributed by atoms with Crippen LogP contribution >= 0.6 is 11.6 Å². The normalized spacial score (nSPS) is 20.1. The zero-order valence-corrected chi connectivity index (χ0v) is 14.2. The van der Waals surface area contributed by atoms with Crippen LogP contribution in [0.15, 0.2) is 36.5 Å². The summed E-state index contributed by atoms with van der Waals surface area (Å²) in [5, 5.41) is 10.4. The van der Waals surface area contributed by atoms with Crippen molar-refractivity contribution in [1.29, 1.82) is 0 Å². The number of rotatable bonds is 3. The molecule has 0 saturated heterocycles. The van der Waals surface area contributed by atoms with Gasteiger partial charge >= 0.3 is 5.97 Å². The first-order chi connectivity index (χ1) is 11.3. The molecule has 1 aromatic heterocycles. The molecule has 124 valence electrons. The van der Waals surface area contributed by atoms with E-state index in [9.17, 15) is 14.3 Å². The van der Waals surface area contributed by atoms with Crippen LogP contribution in [0.2, 0.25) is 5.02 Å². The van der Waals surface area contributed by atoms with Crippen molar-refractivity contribution in [3.8, 4) is 0 Å². The van der Waals surface area contributed by atoms with Gasteiger partial charge in [0.2, 0.25) is 0 Å². The standard InChI is InChI=1S/C19H17ClFNO2/c1-11-16(4-3-5-17(11)21)19(18(23)24)7-6-13(9-19)15-8-14(20)10-22-12(15)2/h3-5,8-10H,6-7H2,1-2H3,(H,23,24)/t19-/m0/s1. The maximum Gasteiger partial charge on any atom is 0.318 e. The van der Waals surface area contributed by atoms with E-state index in [1.807, 2.05) is 6.92 Å². The fourth-order valence-electron chi connectivity index (χ4n) is 3.41. The Morgan fingerprint density at radius 1 is 1.38 bits per heavy atom. The second-order valence-corrected chi connectivity index (χ2v) is 6.58. The Labute approximate surface area is 144 Å². The summed E-state index contributed by atoms with van der Waals surface area (Å²) in [5.74, 6) is -1.37. The first-order valence-electron chi connectivity index (χ1n) is 7.68. The molecule has 3 rings (SSSR count). The molecule has 1 aromatic carbocycles. The molecule has 0 bridgehead atoms. The van der Waals surface area contributed by atoms with Crippen molar-refractivity contribution in [2.24, 2.45) is 0 Å². The Balaban J connectivity index is 2.17. The van der Waals surface area contributed by atoms with Gasteiger partial charge in [-0.15, -0.1) is 0 Å². The van der Waals surface area contributed by atoms with Gasteiger partial charge in [0.25, 0.3) is 0 Å². The highest BCUT2D eigenvalue weighted by atomic mass is 35.5. The van der Waals surface area contributed by atoms with Gasteiger partial charge in [-0.3, -0.25) is 9.78 Å². The summed E-state index contributed by atoms with van der Waals surface area (Å²) < 4.78 is 14.0. The number of carboxylic acids is 1. The van der Waals surface area contributed by atoms with Gasteiger partial charge in [0, 0.05) is 17.5 Å². The number of nitrogens with zero attached hydrogens (tertiary/aromatic N) is 1. The highest BCUT2D eigenvalue weighted by Gasteiger charge is 2.43. The summed E-state index contributed by atoms with van der Waals surface area (Å²) in [5.41, 5.74) is 2.17. The highest BCUT2D eigenvalue weighted by Crippen LogP contribution is 2.45. The summed E-state index contributed by atoms with van der Waals surface area (Å²) in [4.78, 5) is 16.3. The van der Waals surface area contributed by atoms with Crippen molar-refractivity contribution in [3.05, 3.63) is 69.8 Å². The van der Waals surface area contributed by atoms with Gasteiger partial charge in [0.05, 0.1) is 5.02 Å². The lowest BCUT2D eigenvalue weighted by molar-refractivity contribution is -0.141. The molecule has 2 aromatic rings. The van der Waals surface area contributed by atoms with E-state index in [4.69, 9.17) is 11.6 Å². The molecule has 0 radical (unpaired) electrons. The van der Waals surface area contributed by atoms with Gasteiger partial charge in [0.1, 0.15) is 11.2 Å². The molecule has 0 unspecified atom stereocenters. The molecule has 1 aliphatic rings. The van der Waals surface area contributed by atoms with Gasteiger partial charge in [-0.05, 0) is 55.5 Å². The van der Waals surface area contributed by atoms with Gasteiger partial charge in [0.15, 0.2) is 0 Å². The van der Waals surface area contributed by atoms with Crippen molar-refractivity contribution >= 4 is 23.1 Å². The minimum Gasteiger partial charge on any atom is -0.480 e. The maximum absolute atomic E-state index is 14.0. The summed E-state index contributed by atoms with van der Waals surface area (Å²) in [6.07, 6.45) is 4.26. The Kier molecular flexibility index (Phi) is 4.18. The van der Waals surface area contributed by atoms with E-state index in [1.165, 1.54) is 6.07 Å². The third-order valence-corrected chi connectivity index (χ3v) is 4.95. The average molecular weight is 346 g/mol. The molecule has 0 spiro atoms. The molecular formula is C19H17ClFNO2. The fraction of sp³-hybridized carbons (Fsp3) is 0.263. The first-order valence-corrected chi connectivity index (χ1v) is 8.06. The van der Waals surface area contributed by atoms with Crippen LogP contribution in [0.5, 0.6) is 0 Å². The van der Waals surface area contributed by atoms with Crippen LogP contribution in [-0.2, 0) is 10.2 Å². The minimum atomic E-state index is -1.23. The highest BCUT2D eigenvalue weighted by molar-refractivity contribution is 6.30. The molecule has 3 nitrogen and oxygen atoms in total. The number of hydrogen-bond acceptors (Lipinski definition) is 2. The number of allylic oxidation sites excluding steroid dienone is 1. The van der Waals surface area contributed by atoms with E-state index < -0.39 is 17.2 Å². The number of aromatic nitrogens is 1. The number of carboxylic acid groups (broad SMARTS) is 1. The molecule has 24 heavy (non-hydrogen) atoms. The molecule has 0 saturated carbocycles. The molecule has 5 heteroatoms. The van der Waals surface area contributed by atoms with Crippen molar-refractivity contribution in [3.63, 3.8) is 0 Å². The summed E-state index contributed by atoms with van der Waals surface area (Å²) in [7, 11) is 0. The van der Waals surface area contributed by atoms with Crippen LogP contribution in [-0.4, -0.2) is 16.1 Å². The SMILES string of the molecule is Cc1ncc(Cl)cc1C1=C[C@](C(=O)O)(c2cccc(F)c2C)CC1. The van der Waals surface area contributed by atoms with Crippen LogP contribution in [0.4, 0.5) is 4.39 Å². The maximum atomic E-state index is 14.0. The lowest BCUT2D eigenvalue weighted by Crippen LogP contribution is -2.32. The second-order valence-electron chi connectivity index (χ2n) is 6.14. The largest absolute Gasteiger partial charge is 0.480 e. The zero-order chi connectivity index (χ0) is 17.5. The number of hydrogen-bond donors (Lipinski definition) is 1. The number of pyridine rings is 1. The molecule has 0 amide bonds. The van der Waals surface area contributed by atoms with Crippen LogP contribution in [0.1, 0.15) is 35.2 Å². The van der Waals surface area contributed by atoms with Crippen LogP contribution in [0.25, 0.3) is 5.57 Å². The topological polar surface area (TPSA) is 50.2 Å². The monoisotopic (exact) mass is 345 g/mol. The van der Waals surface area contributed by atoms with Crippen molar-refractivity contribution in [2.75, 3.05) is 0 Å². The average Bonchev–Trinajstić information content (AvgIpc) is 2.98.